The summed E-state index contributed by atoms with van der Waals surface area (Å²) in [6.45, 7) is 25.7. The van der Waals surface area contributed by atoms with Crippen LogP contribution in [0.25, 0.3) is 0 Å². The topological polar surface area (TPSA) is 551 Å². The summed E-state index contributed by atoms with van der Waals surface area (Å²) >= 11 is 5.76. The maximum absolute atomic E-state index is 11.4. The molecule has 2 amide bonds. The number of anilines is 1. The molecule has 0 aliphatic carbocycles. The molecule has 0 saturated heterocycles. The van der Waals surface area contributed by atoms with Gasteiger partial charge in [-0.3, -0.25) is 57.9 Å². The number of phosphoric ester groups is 1. The predicted molar refractivity (Wildman–Crippen MR) is 548 cm³/mol. The molecular weight excluding hydrogens is 1750 g/mol. The van der Waals surface area contributed by atoms with Crippen molar-refractivity contribution in [1.29, 1.82) is 0 Å². The maximum atomic E-state index is 11.4. The van der Waals surface area contributed by atoms with Crippen molar-refractivity contribution in [2.75, 3.05) is 96.3 Å². The van der Waals surface area contributed by atoms with Gasteiger partial charge in [0.1, 0.15) is 57.8 Å². The van der Waals surface area contributed by atoms with Crippen LogP contribution in [0.5, 0.6) is 5.75 Å². The fourth-order valence-corrected chi connectivity index (χ4v) is 13.0. The minimum atomic E-state index is -4.52. The SMILES string of the molecule is C=CCCCCCC[C@@](C)(NC)C(C)=O.CN=C(NC)NCCC[C@H](NC)C(C)=O.CN[C@@H](CCCC(C)C)C(C)=O.CN[C@@H](CCCNC(N)=O)C(C)=O.CN[C@@H](Cc1ccc(B(O)O)cc1)C(C)=O.CN[C@@H](Cc1ccc(Cl)cc1)C(C)=O.CN[C@@H](Cc1ccc(N)cc1)C(C)=O.CN[C@@H](Cc1ccc(N=C(N)N)cc1)C(C)=O.CN[C@@H](Cc1ccc(OP(=O)(O)O)cc1)C(C)=O. The Morgan fingerprint density at radius 2 is 0.784 bits per heavy atom. The van der Waals surface area contributed by atoms with Crippen molar-refractivity contribution in [2.45, 2.75) is 253 Å². The number of primary amides is 1. The van der Waals surface area contributed by atoms with E-state index < -0.39 is 21.0 Å². The molecule has 0 aliphatic rings. The number of carbonyl (C=O) groups is 10. The number of halogens is 1. The summed E-state index contributed by atoms with van der Waals surface area (Å²) in [6, 6.07) is 34.3. The number of allylic oxidation sites excluding steroid dienone is 1. The monoisotopic (exact) mass is 1920 g/mol. The van der Waals surface area contributed by atoms with Gasteiger partial charge in [0.25, 0.3) is 0 Å². The summed E-state index contributed by atoms with van der Waals surface area (Å²) in [5.74, 6) is 3.00. The Hall–Kier alpha value is -9.66. The van der Waals surface area contributed by atoms with Gasteiger partial charge in [-0.2, -0.15) is 0 Å². The van der Waals surface area contributed by atoms with Gasteiger partial charge in [0, 0.05) is 37.9 Å². The van der Waals surface area contributed by atoms with Crippen LogP contribution in [0.4, 0.5) is 16.2 Å². The second kappa shape index (κ2) is 77.5. The van der Waals surface area contributed by atoms with Gasteiger partial charge in [0.2, 0.25) is 0 Å². The number of phosphoric acid groups is 1. The molecule has 37 heteroatoms. The van der Waals surface area contributed by atoms with Crippen LogP contribution < -0.4 is 96.7 Å². The van der Waals surface area contributed by atoms with Crippen molar-refractivity contribution in [3.05, 3.63) is 167 Å². The quantitative estimate of drug-likeness (QED) is 0.00336. The summed E-state index contributed by atoms with van der Waals surface area (Å²) in [4.78, 5) is 136. The number of carbonyl (C=O) groups excluding carboxylic acids is 10. The summed E-state index contributed by atoms with van der Waals surface area (Å²) < 4.78 is 15.0. The van der Waals surface area contributed by atoms with Gasteiger partial charge in [-0.1, -0.05) is 136 Å². The molecule has 9 atom stereocenters. The lowest BCUT2D eigenvalue weighted by atomic mass is 9.80. The Bertz CT molecular complexity index is 4160. The van der Waals surface area contributed by atoms with E-state index in [0.29, 0.717) is 56.2 Å². The number of nitrogens with one attached hydrogen (secondary N) is 12. The molecule has 0 saturated carbocycles. The van der Waals surface area contributed by atoms with E-state index in [1.54, 1.807) is 141 Å². The third-order valence-corrected chi connectivity index (χ3v) is 22.0. The molecule has 5 aromatic carbocycles. The van der Waals surface area contributed by atoms with Crippen molar-refractivity contribution in [3.8, 4) is 5.75 Å². The molecule has 34 nitrogen and oxygen atoms in total. The van der Waals surface area contributed by atoms with Crippen LogP contribution in [-0.2, 0) is 79.8 Å². The Balaban J connectivity index is -0.000000711. The van der Waals surface area contributed by atoms with Crippen LogP contribution in [0.15, 0.2) is 144 Å². The molecule has 754 valence electrons. The van der Waals surface area contributed by atoms with Gasteiger partial charge in [-0.15, -0.1) is 6.58 Å². The average molecular weight is 1920 g/mol. The Labute approximate surface area is 804 Å². The lowest BCUT2D eigenvalue weighted by Gasteiger charge is -2.26. The molecule has 5 aromatic rings. The number of rotatable bonds is 51. The molecule has 0 fully saturated rings. The van der Waals surface area contributed by atoms with Crippen LogP contribution in [-0.4, -0.2) is 241 Å². The van der Waals surface area contributed by atoms with E-state index in [0.717, 1.165) is 108 Å². The smallest absolute Gasteiger partial charge is 0.423 e. The van der Waals surface area contributed by atoms with Crippen molar-refractivity contribution < 1.29 is 76.9 Å². The number of guanidine groups is 2. The number of nitrogen functional groups attached to an aromatic ring is 1. The number of hydrogen-bond donors (Lipinski definition) is 20. The first-order chi connectivity index (χ1) is 63.0. The average Bonchev–Trinajstić information content (AvgIpc) is 0.895. The fourth-order valence-electron chi connectivity index (χ4n) is 12.5. The third kappa shape index (κ3) is 67.5. The summed E-state index contributed by atoms with van der Waals surface area (Å²) in [5, 5.41) is 53.9. The molecule has 0 unspecified atom stereocenters. The zero-order valence-electron chi connectivity index (χ0n) is 84.0. The van der Waals surface area contributed by atoms with Gasteiger partial charge in [0.05, 0.1) is 59.6 Å². The van der Waals surface area contributed by atoms with Crippen LogP contribution >= 0.6 is 19.4 Å². The van der Waals surface area contributed by atoms with E-state index in [2.05, 4.69) is 98.7 Å². The number of nitrogens with two attached hydrogens (primary N) is 4. The van der Waals surface area contributed by atoms with Gasteiger partial charge < -0.3 is 101 Å². The number of amides is 2. The van der Waals surface area contributed by atoms with E-state index >= 15 is 0 Å². The number of aliphatic imine (C=N–C) groups is 2. The van der Waals surface area contributed by atoms with Crippen LogP contribution in [0.1, 0.15) is 194 Å². The predicted octanol–water partition coefficient (Wildman–Crippen LogP) is 7.74. The fraction of sp³-hybridized carbons (Fsp3) is 0.546. The van der Waals surface area contributed by atoms with E-state index in [-0.39, 0.29) is 118 Å². The van der Waals surface area contributed by atoms with Gasteiger partial charge in [-0.05, 0) is 304 Å². The Morgan fingerprint density at radius 1 is 0.463 bits per heavy atom. The minimum Gasteiger partial charge on any atom is -0.423 e. The number of benzene rings is 5. The lowest BCUT2D eigenvalue weighted by molar-refractivity contribution is -0.123. The number of ketones is 9. The number of nitrogens with zero attached hydrogens (tertiary/aromatic N) is 2. The Morgan fingerprint density at radius 3 is 1.07 bits per heavy atom. The molecule has 0 heterocycles. The summed E-state index contributed by atoms with van der Waals surface area (Å²) in [7, 11) is 13.7. The van der Waals surface area contributed by atoms with Crippen molar-refractivity contribution >= 4 is 113 Å². The van der Waals surface area contributed by atoms with E-state index in [1.165, 1.54) is 44.7 Å². The van der Waals surface area contributed by atoms with E-state index in [4.69, 9.17) is 54.4 Å². The standard InChI is InChI=1S/C13H25NO.C12H18N4O.C11H16BNO3.C11H14ClNO.C11H16N2O.C11H16NO5P.C10H22N4O.C10H21NO.C8H17N3O2/c1-5-6-7-8-9-10-11-13(3,14-4)12(2)15;1-8(17)11(15-2)7-9-3-5-10(6-4-9)16-12(13)14;1-8(14)11(13-2)7-9-3-5-10(6-4-9)12(15)16;2*1-8(14)11(13-2)7-9-3-5-10(12)6-4-9;1-8(13)11(12-2)7-9-3-5-10(6-4-9)17-18(14,15)16;1-8(15)9(11-2)6-5-7-14-10(12-3)13-4;1-8(2)6-5-7-10(11-4)9(3)12;1-6(12)7(10-2)4-3-5-11-8(9)13/h5,14H,1,6-11H2,2-4H3;3-6,11,15H,7H2,1-2H3,(H4,13,14,16);3-6,11,13,15-16H,7H2,1-2H3;3-6,11,13H,7H2,1-2H3;3-6,11,13H,7,12H2,1-2H3;3-6,11-12H,7H2,1-2H3,(H2,14,15,16);9,11H,5-7H2,1-4H3,(H2,12,13,14);8,10-11H,5-7H2,1-4H3;7,10H,3-5H2,1-2H3,(H3,9,11,13)/t13-;5*11-;9-;10-;7-/m100000000/s1. The Kier molecular flexibility index (Phi) is 75.5. The van der Waals surface area contributed by atoms with Gasteiger partial charge in [-0.25, -0.2) is 14.4 Å². The second-order valence-electron chi connectivity index (χ2n) is 32.6. The maximum Gasteiger partial charge on any atom is 0.524 e. The largest absolute Gasteiger partial charge is 0.524 e. The summed E-state index contributed by atoms with van der Waals surface area (Å²) in [5.41, 5.74) is 27.7. The van der Waals surface area contributed by atoms with E-state index in [1.807, 2.05) is 114 Å². The van der Waals surface area contributed by atoms with Crippen molar-refractivity contribution in [3.63, 3.8) is 0 Å². The first kappa shape index (κ1) is 131. The van der Waals surface area contributed by atoms with Crippen LogP contribution in [0.3, 0.4) is 0 Å². The number of likely N-dealkylation sites (N-methyl/N-ethyl adjacent to an activating group) is 9. The second-order valence-corrected chi connectivity index (χ2v) is 34.2. The molecule has 0 radical (unpaired) electrons. The highest BCUT2D eigenvalue weighted by Crippen LogP contribution is 2.37. The number of hydrogen-bond acceptors (Lipinski definition) is 26. The molecule has 0 aliphatic heterocycles. The number of Topliss-reactive ketones (excluding diaryl/α,β-unsaturated/α-hetero) is 9. The molecule has 5 rings (SSSR count). The van der Waals surface area contributed by atoms with Crippen LogP contribution in [0, 0.1) is 5.92 Å². The minimum absolute atomic E-state index is 0.0246. The van der Waals surface area contributed by atoms with E-state index in [9.17, 15) is 52.5 Å². The molecule has 0 bridgehead atoms. The van der Waals surface area contributed by atoms with Crippen LogP contribution in [0.2, 0.25) is 5.02 Å². The molecule has 134 heavy (non-hydrogen) atoms. The zero-order chi connectivity index (χ0) is 103. The number of urea groups is 1. The third-order valence-electron chi connectivity index (χ3n) is 21.3. The number of unbranched alkanes of at least 4 members (excludes halogenated alkanes) is 4. The van der Waals surface area contributed by atoms with Crippen molar-refractivity contribution in [2.24, 2.45) is 33.1 Å². The first-order valence-corrected chi connectivity index (χ1v) is 47.1. The molecule has 0 aromatic heterocycles. The van der Waals surface area contributed by atoms with Crippen molar-refractivity contribution in [1.82, 2.24) is 63.8 Å². The highest BCUT2D eigenvalue weighted by Gasteiger charge is 2.27. The first-order valence-electron chi connectivity index (χ1n) is 45.2. The zero-order valence-corrected chi connectivity index (χ0v) is 85.6. The lowest BCUT2D eigenvalue weighted by Crippen LogP contribution is -2.46. The molecule has 0 spiro atoms. The normalized spacial score (nSPS) is 12.9. The summed E-state index contributed by atoms with van der Waals surface area (Å²) in [6.07, 6.45) is 18.6. The highest BCUT2D eigenvalue weighted by atomic mass is 35.5. The molecule has 24 N–H and O–H groups in total. The van der Waals surface area contributed by atoms with Gasteiger partial charge >= 0.3 is 21.0 Å². The van der Waals surface area contributed by atoms with Gasteiger partial charge in [0.15, 0.2) is 11.9 Å². The highest BCUT2D eigenvalue weighted by molar-refractivity contribution is 7.46. The molecular formula is C97H165BClN18O16P.